The monoisotopic (exact) mass is 393 g/mol. The molecule has 0 aliphatic rings. The van der Waals surface area contributed by atoms with Crippen LogP contribution in [0.2, 0.25) is 0 Å². The maximum atomic E-state index is 9.09. The van der Waals surface area contributed by atoms with Crippen molar-refractivity contribution in [3.63, 3.8) is 0 Å². The van der Waals surface area contributed by atoms with Gasteiger partial charge in [-0.2, -0.15) is 14.4 Å². The quantitative estimate of drug-likeness (QED) is 0.419. The van der Waals surface area contributed by atoms with Crippen molar-refractivity contribution in [2.24, 2.45) is 0 Å². The second kappa shape index (κ2) is 9.15. The molecule has 2 heterocycles. The number of nitriles is 1. The summed E-state index contributed by atoms with van der Waals surface area (Å²) in [6.45, 7) is 4.44. The summed E-state index contributed by atoms with van der Waals surface area (Å²) in [6.07, 6.45) is 8.30. The molecule has 2 aromatic carbocycles. The number of hydrogen-bond acceptors (Lipinski definition) is 1. The van der Waals surface area contributed by atoms with E-state index in [9.17, 15) is 0 Å². The van der Waals surface area contributed by atoms with E-state index in [1.54, 1.807) is 0 Å². The van der Waals surface area contributed by atoms with Crippen LogP contribution in [0, 0.1) is 11.3 Å². The van der Waals surface area contributed by atoms with Gasteiger partial charge in [0.2, 0.25) is 11.4 Å². The van der Waals surface area contributed by atoms with Crippen molar-refractivity contribution < 1.29 is 9.13 Å². The van der Waals surface area contributed by atoms with Crippen molar-refractivity contribution >= 4 is 0 Å². The summed E-state index contributed by atoms with van der Waals surface area (Å²) >= 11 is 0. The molecule has 0 fully saturated rings. The molecule has 0 radical (unpaired) electrons. The third-order valence-electron chi connectivity index (χ3n) is 5.10. The van der Waals surface area contributed by atoms with Gasteiger partial charge in [-0.05, 0) is 23.1 Å². The van der Waals surface area contributed by atoms with Crippen molar-refractivity contribution in [2.45, 2.75) is 27.2 Å². The van der Waals surface area contributed by atoms with Gasteiger partial charge in [0.25, 0.3) is 0 Å². The molecule has 2 aromatic heterocycles. The van der Waals surface area contributed by atoms with Gasteiger partial charge in [-0.25, -0.2) is 0 Å². The molecule has 0 N–H and O–H groups in total. The fourth-order valence-electron chi connectivity index (χ4n) is 3.52. The second-order valence-corrected chi connectivity index (χ2v) is 7.36. The van der Waals surface area contributed by atoms with Crippen LogP contribution in [-0.2, 0) is 0 Å². The van der Waals surface area contributed by atoms with E-state index in [0.717, 1.165) is 11.3 Å². The van der Waals surface area contributed by atoms with Crippen LogP contribution in [0.3, 0.4) is 0 Å². The zero-order chi connectivity index (χ0) is 20.2. The van der Waals surface area contributed by atoms with Crippen LogP contribution in [0.4, 0.5) is 0 Å². The fourth-order valence-corrected chi connectivity index (χ4v) is 3.52. The minimum atomic E-state index is 0. The Morgan fingerprint density at radius 2 is 1.33 bits per heavy atom. The van der Waals surface area contributed by atoms with Crippen molar-refractivity contribution in [1.29, 1.82) is 5.26 Å². The third-order valence-corrected chi connectivity index (χ3v) is 5.10. The molecule has 0 spiro atoms. The Labute approximate surface area is 179 Å². The van der Waals surface area contributed by atoms with Crippen LogP contribution < -0.4 is 9.13 Å². The van der Waals surface area contributed by atoms with Gasteiger partial charge in [-0.3, -0.25) is 0 Å². The summed E-state index contributed by atoms with van der Waals surface area (Å²) in [5.41, 5.74) is 6.52. The van der Waals surface area contributed by atoms with Gasteiger partial charge < -0.3 is 0 Å². The van der Waals surface area contributed by atoms with Gasteiger partial charge in [0.05, 0.1) is 11.6 Å². The van der Waals surface area contributed by atoms with Crippen molar-refractivity contribution in [3.8, 4) is 28.6 Å². The molecule has 4 rings (SSSR count). The summed E-state index contributed by atoms with van der Waals surface area (Å²) < 4.78 is 4.20. The van der Waals surface area contributed by atoms with E-state index in [4.69, 9.17) is 5.26 Å². The summed E-state index contributed by atoms with van der Waals surface area (Å²) in [4.78, 5) is 0. The van der Waals surface area contributed by atoms with Gasteiger partial charge in [0.1, 0.15) is 0 Å². The Hall–Kier alpha value is -3.77. The van der Waals surface area contributed by atoms with Crippen LogP contribution in [0.15, 0.2) is 97.6 Å². The molecule has 30 heavy (non-hydrogen) atoms. The number of para-hydroxylation sites is 1. The number of pyridine rings is 2. The van der Waals surface area contributed by atoms with E-state index in [1.165, 1.54) is 16.8 Å². The highest BCUT2D eigenvalue weighted by molar-refractivity contribution is 5.61. The summed E-state index contributed by atoms with van der Waals surface area (Å²) in [6, 6.07) is 26.8. The Balaban J connectivity index is 0.00000256. The smallest absolute Gasteiger partial charge is 0.192 e. The van der Waals surface area contributed by atoms with E-state index in [1.807, 2.05) is 41.2 Å². The van der Waals surface area contributed by atoms with Gasteiger partial charge >= 0.3 is 0 Å². The van der Waals surface area contributed by atoms with Crippen molar-refractivity contribution in [3.05, 3.63) is 109 Å². The predicted octanol–water partition coefficient (Wildman–Crippen LogP) is 5.54. The standard InChI is InChI=1S/C26H23N3.CH4/c1-20(2)25-8-3-4-9-26(25)29-16-12-23(13-17-29)22-10-14-28(15-11-22)24-7-5-6-21(18-24)19-27;/h3-18,20H,1-2H3;1H4/q+2;. The zero-order valence-electron chi connectivity index (χ0n) is 16.7. The highest BCUT2D eigenvalue weighted by atomic mass is 14.9. The third kappa shape index (κ3) is 4.29. The number of rotatable bonds is 4. The molecular weight excluding hydrogens is 366 g/mol. The van der Waals surface area contributed by atoms with E-state index in [-0.39, 0.29) is 7.43 Å². The van der Waals surface area contributed by atoms with Crippen LogP contribution in [0.25, 0.3) is 22.5 Å². The number of nitrogens with zero attached hydrogens (tertiary/aromatic N) is 3. The lowest BCUT2D eigenvalue weighted by atomic mass is 10.0. The molecule has 0 saturated carbocycles. The first-order valence-electron chi connectivity index (χ1n) is 9.78. The van der Waals surface area contributed by atoms with E-state index >= 15 is 0 Å². The summed E-state index contributed by atoms with van der Waals surface area (Å²) in [5.74, 6) is 0.475. The molecule has 0 atom stereocenters. The molecule has 0 bridgehead atoms. The Bertz CT molecular complexity index is 1170. The molecule has 0 aliphatic carbocycles. The first-order valence-corrected chi connectivity index (χ1v) is 9.78. The van der Waals surface area contributed by atoms with Gasteiger partial charge in [-0.15, -0.1) is 0 Å². The largest absolute Gasteiger partial charge is 0.214 e. The Morgan fingerprint density at radius 3 is 1.93 bits per heavy atom. The Kier molecular flexibility index (Phi) is 6.39. The highest BCUT2D eigenvalue weighted by Gasteiger charge is 2.15. The average Bonchev–Trinajstić information content (AvgIpc) is 2.79. The van der Waals surface area contributed by atoms with Gasteiger partial charge in [0.15, 0.2) is 24.8 Å². The molecule has 4 aromatic rings. The minimum absolute atomic E-state index is 0. The molecule has 3 nitrogen and oxygen atoms in total. The van der Waals surface area contributed by atoms with Crippen molar-refractivity contribution in [2.75, 3.05) is 0 Å². The molecule has 0 saturated heterocycles. The molecule has 0 amide bonds. The van der Waals surface area contributed by atoms with Crippen LogP contribution >= 0.6 is 0 Å². The topological polar surface area (TPSA) is 31.5 Å². The van der Waals surface area contributed by atoms with E-state index in [2.05, 4.69) is 85.4 Å². The number of hydrogen-bond donors (Lipinski definition) is 0. The lowest BCUT2D eigenvalue weighted by molar-refractivity contribution is -0.596. The molecule has 148 valence electrons. The maximum absolute atomic E-state index is 9.09. The predicted molar refractivity (Wildman–Crippen MR) is 120 cm³/mol. The van der Waals surface area contributed by atoms with Gasteiger partial charge in [0, 0.05) is 48.0 Å². The minimum Gasteiger partial charge on any atom is -0.192 e. The van der Waals surface area contributed by atoms with E-state index in [0.29, 0.717) is 11.5 Å². The van der Waals surface area contributed by atoms with Crippen LogP contribution in [0.1, 0.15) is 38.3 Å². The highest BCUT2D eigenvalue weighted by Crippen LogP contribution is 2.20. The molecule has 3 heteroatoms. The first kappa shape index (κ1) is 21.0. The zero-order valence-corrected chi connectivity index (χ0v) is 16.7. The number of aromatic nitrogens is 2. The van der Waals surface area contributed by atoms with Crippen LogP contribution in [-0.4, -0.2) is 0 Å². The summed E-state index contributed by atoms with van der Waals surface area (Å²) in [5, 5.41) is 9.09. The van der Waals surface area contributed by atoms with Gasteiger partial charge in [-0.1, -0.05) is 45.5 Å². The van der Waals surface area contributed by atoms with Crippen LogP contribution in [0.5, 0.6) is 0 Å². The SMILES string of the molecule is C.CC(C)c1ccccc1-[n+]1ccc(-c2cc[n+](-c3cccc(C#N)c3)cc2)cc1. The lowest BCUT2D eigenvalue weighted by Gasteiger charge is -2.08. The fraction of sp³-hybridized carbons (Fsp3) is 0.148. The Morgan fingerprint density at radius 1 is 0.733 bits per heavy atom. The lowest BCUT2D eigenvalue weighted by Crippen LogP contribution is -2.31. The maximum Gasteiger partial charge on any atom is 0.214 e. The first-order chi connectivity index (χ1) is 14.2. The molecule has 0 aliphatic heterocycles. The van der Waals surface area contributed by atoms with E-state index < -0.39 is 0 Å². The van der Waals surface area contributed by atoms with Crippen molar-refractivity contribution in [1.82, 2.24) is 0 Å². The number of benzene rings is 2. The molecular formula is C27H27N3+2. The summed E-state index contributed by atoms with van der Waals surface area (Å²) in [7, 11) is 0. The normalized spacial score (nSPS) is 10.3. The molecule has 0 unspecified atom stereocenters. The average molecular weight is 394 g/mol. The second-order valence-electron chi connectivity index (χ2n) is 7.36.